The third-order valence-corrected chi connectivity index (χ3v) is 3.41. The molecule has 6 heteroatoms. The Labute approximate surface area is 147 Å². The number of ketones is 1. The van der Waals surface area contributed by atoms with Crippen LogP contribution in [0.5, 0.6) is 0 Å². The van der Waals surface area contributed by atoms with Gasteiger partial charge in [0.2, 0.25) is 5.91 Å². The van der Waals surface area contributed by atoms with Gasteiger partial charge in [0.1, 0.15) is 5.82 Å². The number of rotatable bonds is 9. The normalized spacial score (nSPS) is 12.6. The van der Waals surface area contributed by atoms with E-state index < -0.39 is 17.6 Å². The van der Waals surface area contributed by atoms with Crippen LogP contribution in [-0.4, -0.2) is 30.9 Å². The summed E-state index contributed by atoms with van der Waals surface area (Å²) in [4.78, 5) is 24.2. The van der Waals surface area contributed by atoms with Crippen LogP contribution in [0.15, 0.2) is 30.3 Å². The van der Waals surface area contributed by atoms with Gasteiger partial charge in [0.15, 0.2) is 11.7 Å². The second-order valence-electron chi connectivity index (χ2n) is 5.86. The Kier molecular flexibility index (Phi) is 8.51. The number of carbonyl (C=O) groups is 2. The molecular formula is C19H23FN2O3. The van der Waals surface area contributed by atoms with E-state index in [0.29, 0.717) is 30.7 Å². The minimum atomic E-state index is -1.40. The minimum Gasteiger partial charge on any atom is -0.379 e. The first-order valence-electron chi connectivity index (χ1n) is 8.12. The highest BCUT2D eigenvalue weighted by Gasteiger charge is 2.24. The molecule has 1 aromatic carbocycles. The van der Waals surface area contributed by atoms with Gasteiger partial charge < -0.3 is 10.1 Å². The third-order valence-electron chi connectivity index (χ3n) is 3.41. The Morgan fingerprint density at radius 1 is 1.32 bits per heavy atom. The number of nitriles is 1. The van der Waals surface area contributed by atoms with Crippen LogP contribution < -0.4 is 5.32 Å². The predicted molar refractivity (Wildman–Crippen MR) is 92.9 cm³/mol. The van der Waals surface area contributed by atoms with E-state index in [9.17, 15) is 14.0 Å². The number of nitrogens with one attached hydrogen (secondary N) is 1. The van der Waals surface area contributed by atoms with Crippen LogP contribution in [0.1, 0.15) is 32.8 Å². The lowest BCUT2D eigenvalue weighted by atomic mass is 9.99. The van der Waals surface area contributed by atoms with Gasteiger partial charge in [0.05, 0.1) is 12.2 Å². The summed E-state index contributed by atoms with van der Waals surface area (Å²) in [5.74, 6) is -3.00. The Hall–Kier alpha value is -2.52. The van der Waals surface area contributed by atoms with Crippen molar-refractivity contribution >= 4 is 17.3 Å². The fraction of sp³-hybridized carbons (Fsp3) is 0.421. The van der Waals surface area contributed by atoms with Gasteiger partial charge in [-0.2, -0.15) is 5.26 Å². The second kappa shape index (κ2) is 10.4. The summed E-state index contributed by atoms with van der Waals surface area (Å²) in [5.41, 5.74) is 1.21. The Balaban J connectivity index is 2.61. The summed E-state index contributed by atoms with van der Waals surface area (Å²) in [6, 6.07) is 7.36. The van der Waals surface area contributed by atoms with Gasteiger partial charge in [0.25, 0.3) is 0 Å². The van der Waals surface area contributed by atoms with Gasteiger partial charge in [-0.3, -0.25) is 9.59 Å². The van der Waals surface area contributed by atoms with Crippen molar-refractivity contribution in [3.63, 3.8) is 0 Å². The number of carbonyl (C=O) groups excluding carboxylic acids is 2. The molecule has 0 radical (unpaired) electrons. The molecule has 1 amide bonds. The molecule has 1 rings (SSSR count). The molecule has 134 valence electrons. The van der Waals surface area contributed by atoms with Crippen LogP contribution >= 0.6 is 0 Å². The second-order valence-corrected chi connectivity index (χ2v) is 5.86. The van der Waals surface area contributed by atoms with Gasteiger partial charge >= 0.3 is 0 Å². The zero-order chi connectivity index (χ0) is 18.8. The molecule has 0 heterocycles. The zero-order valence-corrected chi connectivity index (χ0v) is 14.7. The van der Waals surface area contributed by atoms with E-state index >= 15 is 0 Å². The predicted octanol–water partition coefficient (Wildman–Crippen LogP) is 2.87. The first-order chi connectivity index (χ1) is 11.8. The molecule has 0 aromatic heterocycles. The van der Waals surface area contributed by atoms with Crippen LogP contribution in [0.2, 0.25) is 0 Å². The lowest BCUT2D eigenvalue weighted by Gasteiger charge is -2.10. The van der Waals surface area contributed by atoms with Gasteiger partial charge in [-0.15, -0.1) is 0 Å². The minimum absolute atomic E-state index is 0.115. The van der Waals surface area contributed by atoms with E-state index in [1.54, 1.807) is 13.0 Å². The summed E-state index contributed by atoms with van der Waals surface area (Å²) in [7, 11) is 0. The molecule has 0 saturated heterocycles. The SMILES string of the molecule is C/C(=C\C(=O)[C@H](C#N)C(=O)NCCCOC(C)C)c1ccc(F)cc1. The average Bonchev–Trinajstić information content (AvgIpc) is 2.55. The number of hydrogen-bond acceptors (Lipinski definition) is 4. The molecule has 0 saturated carbocycles. The summed E-state index contributed by atoms with van der Waals surface area (Å²) in [5, 5.41) is 11.7. The van der Waals surface area contributed by atoms with Crippen LogP contribution in [0.4, 0.5) is 4.39 Å². The molecule has 0 unspecified atom stereocenters. The van der Waals surface area contributed by atoms with Gasteiger partial charge in [0, 0.05) is 13.2 Å². The summed E-state index contributed by atoms with van der Waals surface area (Å²) in [6.07, 6.45) is 1.95. The first kappa shape index (κ1) is 20.5. The van der Waals surface area contributed by atoms with E-state index in [0.717, 1.165) is 0 Å². The maximum atomic E-state index is 12.9. The number of allylic oxidation sites excluding steroid dienone is 2. The number of benzene rings is 1. The van der Waals surface area contributed by atoms with Gasteiger partial charge in [-0.1, -0.05) is 12.1 Å². The van der Waals surface area contributed by atoms with E-state index in [4.69, 9.17) is 10.00 Å². The molecule has 0 bridgehead atoms. The molecule has 0 aliphatic rings. The topological polar surface area (TPSA) is 79.2 Å². The Morgan fingerprint density at radius 2 is 1.96 bits per heavy atom. The Morgan fingerprint density at radius 3 is 2.52 bits per heavy atom. The smallest absolute Gasteiger partial charge is 0.245 e. The lowest BCUT2D eigenvalue weighted by Crippen LogP contribution is -2.35. The molecule has 5 nitrogen and oxygen atoms in total. The fourth-order valence-corrected chi connectivity index (χ4v) is 2.05. The first-order valence-corrected chi connectivity index (χ1v) is 8.12. The zero-order valence-electron chi connectivity index (χ0n) is 14.7. The van der Waals surface area contributed by atoms with Crippen LogP contribution in [-0.2, 0) is 14.3 Å². The van der Waals surface area contributed by atoms with Gasteiger partial charge in [-0.25, -0.2) is 4.39 Å². The van der Waals surface area contributed by atoms with Crippen molar-refractivity contribution in [2.24, 2.45) is 5.92 Å². The number of ether oxygens (including phenoxy) is 1. The largest absolute Gasteiger partial charge is 0.379 e. The van der Waals surface area contributed by atoms with Crippen molar-refractivity contribution in [2.75, 3.05) is 13.2 Å². The summed E-state index contributed by atoms with van der Waals surface area (Å²) >= 11 is 0. The number of amides is 1. The van der Waals surface area contributed by atoms with Crippen LogP contribution in [0.3, 0.4) is 0 Å². The highest BCUT2D eigenvalue weighted by atomic mass is 19.1. The maximum Gasteiger partial charge on any atom is 0.245 e. The fourth-order valence-electron chi connectivity index (χ4n) is 2.05. The van der Waals surface area contributed by atoms with Gasteiger partial charge in [-0.05, 0) is 56.5 Å². The number of hydrogen-bond donors (Lipinski definition) is 1. The molecule has 0 fully saturated rings. The maximum absolute atomic E-state index is 12.9. The third kappa shape index (κ3) is 7.27. The van der Waals surface area contributed by atoms with E-state index in [-0.39, 0.29) is 11.9 Å². The molecule has 25 heavy (non-hydrogen) atoms. The molecular weight excluding hydrogens is 323 g/mol. The molecule has 0 spiro atoms. The van der Waals surface area contributed by atoms with Crippen molar-refractivity contribution in [1.29, 1.82) is 5.26 Å². The van der Waals surface area contributed by atoms with Crippen molar-refractivity contribution in [3.8, 4) is 6.07 Å². The van der Waals surface area contributed by atoms with Crippen molar-refractivity contribution in [1.82, 2.24) is 5.32 Å². The van der Waals surface area contributed by atoms with Crippen LogP contribution in [0, 0.1) is 23.1 Å². The summed E-state index contributed by atoms with van der Waals surface area (Å²) in [6.45, 7) is 6.32. The van der Waals surface area contributed by atoms with E-state index in [1.807, 2.05) is 13.8 Å². The molecule has 1 atom stereocenters. The quantitative estimate of drug-likeness (QED) is 0.424. The molecule has 0 aliphatic carbocycles. The highest BCUT2D eigenvalue weighted by Crippen LogP contribution is 2.15. The standard InChI is InChI=1S/C19H23FN2O3/c1-13(2)25-10-4-9-22-19(24)17(12-21)18(23)11-14(3)15-5-7-16(20)8-6-15/h5-8,11,13,17H,4,9-10H2,1-3H3,(H,22,24)/b14-11+/t17-/m0/s1. The number of halogens is 1. The van der Waals surface area contributed by atoms with Crippen molar-refractivity contribution < 1.29 is 18.7 Å². The van der Waals surface area contributed by atoms with Crippen molar-refractivity contribution in [3.05, 3.63) is 41.7 Å². The monoisotopic (exact) mass is 346 g/mol. The lowest BCUT2D eigenvalue weighted by molar-refractivity contribution is -0.129. The average molecular weight is 346 g/mol. The summed E-state index contributed by atoms with van der Waals surface area (Å²) < 4.78 is 18.3. The van der Waals surface area contributed by atoms with E-state index in [2.05, 4.69) is 5.32 Å². The van der Waals surface area contributed by atoms with E-state index in [1.165, 1.54) is 30.3 Å². The Bertz CT molecular complexity index is 660. The molecule has 1 aromatic rings. The molecule has 1 N–H and O–H groups in total. The number of nitrogens with zero attached hydrogens (tertiary/aromatic N) is 1. The van der Waals surface area contributed by atoms with Crippen LogP contribution in [0.25, 0.3) is 5.57 Å². The van der Waals surface area contributed by atoms with Crippen molar-refractivity contribution in [2.45, 2.75) is 33.3 Å². The highest BCUT2D eigenvalue weighted by molar-refractivity contribution is 6.11. The molecule has 0 aliphatic heterocycles.